The Morgan fingerprint density at radius 1 is 1.24 bits per heavy atom. The second kappa shape index (κ2) is 7.95. The molecule has 2 aliphatic rings. The van der Waals surface area contributed by atoms with E-state index in [2.05, 4.69) is 23.7 Å². The number of aryl methyl sites for hydroxylation is 1. The van der Waals surface area contributed by atoms with Crippen LogP contribution in [0.2, 0.25) is 0 Å². The van der Waals surface area contributed by atoms with Gasteiger partial charge in [0.15, 0.2) is 11.4 Å². The smallest absolute Gasteiger partial charge is 0.250 e. The molecule has 1 aromatic carbocycles. The van der Waals surface area contributed by atoms with E-state index in [1.807, 2.05) is 19.1 Å². The summed E-state index contributed by atoms with van der Waals surface area (Å²) in [5.74, 6) is -0.318. The van der Waals surface area contributed by atoms with Gasteiger partial charge in [0.05, 0.1) is 26.9 Å². The highest BCUT2D eigenvalue weighted by atomic mass is 32.1. The van der Waals surface area contributed by atoms with E-state index in [9.17, 15) is 14.7 Å². The van der Waals surface area contributed by atoms with Gasteiger partial charge >= 0.3 is 0 Å². The first kappa shape index (κ1) is 22.1. The maximum atomic E-state index is 13.1. The molecule has 0 radical (unpaired) electrons. The summed E-state index contributed by atoms with van der Waals surface area (Å²) in [5.41, 5.74) is 10.1. The minimum Gasteiger partial charge on any atom is -0.393 e. The van der Waals surface area contributed by atoms with Crippen molar-refractivity contribution in [1.82, 2.24) is 9.55 Å². The molecule has 0 atom stereocenters. The highest BCUT2D eigenvalue weighted by molar-refractivity contribution is 7.19. The first-order valence-electron chi connectivity index (χ1n) is 11.6. The van der Waals surface area contributed by atoms with Gasteiger partial charge in [-0.2, -0.15) is 0 Å². The van der Waals surface area contributed by atoms with Crippen LogP contribution in [0.5, 0.6) is 0 Å². The topological polar surface area (TPSA) is 110 Å². The van der Waals surface area contributed by atoms with E-state index in [1.165, 1.54) is 0 Å². The number of thiazole rings is 1. The number of fused-ring (bicyclic) bond motifs is 3. The lowest BCUT2D eigenvalue weighted by Gasteiger charge is -2.30. The number of Topliss-reactive ketones (excluding diaryl/α,β-unsaturated/α-hetero) is 1. The van der Waals surface area contributed by atoms with Crippen molar-refractivity contribution in [2.75, 3.05) is 5.32 Å². The van der Waals surface area contributed by atoms with Crippen LogP contribution >= 0.6 is 11.3 Å². The zero-order valence-corrected chi connectivity index (χ0v) is 20.1. The Balaban J connectivity index is 1.65. The molecule has 2 aliphatic carbocycles. The monoisotopic (exact) mass is 466 g/mol. The van der Waals surface area contributed by atoms with Gasteiger partial charge in [-0.25, -0.2) is 4.98 Å². The highest BCUT2D eigenvalue weighted by Gasteiger charge is 2.37. The van der Waals surface area contributed by atoms with Crippen molar-refractivity contribution in [2.45, 2.75) is 71.4 Å². The maximum Gasteiger partial charge on any atom is 0.250 e. The molecule has 7 nitrogen and oxygen atoms in total. The largest absolute Gasteiger partial charge is 0.393 e. The van der Waals surface area contributed by atoms with Crippen LogP contribution in [0.3, 0.4) is 0 Å². The molecule has 33 heavy (non-hydrogen) atoms. The number of aliphatic hydroxyl groups is 1. The van der Waals surface area contributed by atoms with E-state index in [0.717, 1.165) is 64.4 Å². The molecule has 0 spiro atoms. The Hall–Kier alpha value is -2.71. The number of carbonyl (C=O) groups is 2. The van der Waals surface area contributed by atoms with Crippen molar-refractivity contribution in [3.05, 3.63) is 40.0 Å². The number of benzene rings is 1. The number of nitrogens with one attached hydrogen (secondary N) is 1. The summed E-state index contributed by atoms with van der Waals surface area (Å²) < 4.78 is 3.03. The lowest BCUT2D eigenvalue weighted by atomic mass is 9.76. The molecule has 2 aromatic heterocycles. The zero-order chi connectivity index (χ0) is 23.5. The van der Waals surface area contributed by atoms with Crippen molar-refractivity contribution in [2.24, 2.45) is 11.1 Å². The van der Waals surface area contributed by atoms with Crippen LogP contribution in [0.1, 0.15) is 77.4 Å². The second-order valence-electron chi connectivity index (χ2n) is 10.2. The van der Waals surface area contributed by atoms with Gasteiger partial charge in [0.1, 0.15) is 0 Å². The Bertz CT molecular complexity index is 1260. The van der Waals surface area contributed by atoms with E-state index in [-0.39, 0.29) is 23.3 Å². The normalized spacial score (nSPS) is 22.4. The summed E-state index contributed by atoms with van der Waals surface area (Å²) in [7, 11) is 0. The Morgan fingerprint density at radius 2 is 1.97 bits per heavy atom. The lowest BCUT2D eigenvalue weighted by Crippen LogP contribution is -2.29. The van der Waals surface area contributed by atoms with Gasteiger partial charge in [-0.05, 0) is 62.6 Å². The van der Waals surface area contributed by atoms with Crippen LogP contribution in [0.4, 0.5) is 5.69 Å². The third-order valence-electron chi connectivity index (χ3n) is 6.86. The van der Waals surface area contributed by atoms with Crippen molar-refractivity contribution >= 4 is 39.1 Å². The van der Waals surface area contributed by atoms with Crippen LogP contribution in [0, 0.1) is 12.3 Å². The molecule has 1 fully saturated rings. The van der Waals surface area contributed by atoms with E-state index < -0.39 is 5.91 Å². The first-order chi connectivity index (χ1) is 15.6. The molecule has 0 bridgehead atoms. The molecular weight excluding hydrogens is 436 g/mol. The molecule has 5 rings (SSSR count). The average molecular weight is 467 g/mol. The summed E-state index contributed by atoms with van der Waals surface area (Å²) in [5, 5.41) is 14.3. The molecule has 4 N–H and O–H groups in total. The summed E-state index contributed by atoms with van der Waals surface area (Å²) in [6, 6.07) is 5.76. The molecule has 0 unspecified atom stereocenters. The van der Waals surface area contributed by atoms with Crippen LogP contribution in [0.15, 0.2) is 18.2 Å². The van der Waals surface area contributed by atoms with Gasteiger partial charge in [-0.1, -0.05) is 13.8 Å². The number of rotatable bonds is 4. The molecule has 174 valence electrons. The van der Waals surface area contributed by atoms with Gasteiger partial charge in [0.2, 0.25) is 0 Å². The van der Waals surface area contributed by atoms with Crippen molar-refractivity contribution < 1.29 is 14.7 Å². The van der Waals surface area contributed by atoms with E-state index >= 15 is 0 Å². The lowest BCUT2D eigenvalue weighted by molar-refractivity contribution is 0.0912. The van der Waals surface area contributed by atoms with E-state index in [0.29, 0.717) is 17.7 Å². The number of carbonyl (C=O) groups excluding carboxylic acids is 2. The molecule has 0 saturated heterocycles. The van der Waals surface area contributed by atoms with Crippen molar-refractivity contribution in [3.63, 3.8) is 0 Å². The van der Waals surface area contributed by atoms with Crippen LogP contribution in [0.25, 0.3) is 16.0 Å². The third kappa shape index (κ3) is 3.95. The number of hydrogen-bond acceptors (Lipinski definition) is 6. The standard InChI is InChI=1S/C25H30N4O3S/c1-13-27-24-22(33-13)21-19(11-25(2,3)12-20(21)31)29(24)15-6-9-17(23(26)32)18(10-15)28-14-4-7-16(30)8-5-14/h6,9-10,14,16,28,30H,4-5,7-8,11-12H2,1-3H3,(H2,26,32)/t14-,16-. The Labute approximate surface area is 197 Å². The third-order valence-corrected chi connectivity index (χ3v) is 7.84. The number of amides is 1. The molecule has 8 heteroatoms. The van der Waals surface area contributed by atoms with Gasteiger partial charge in [0.25, 0.3) is 5.91 Å². The predicted molar refractivity (Wildman–Crippen MR) is 131 cm³/mol. The maximum absolute atomic E-state index is 13.1. The van der Waals surface area contributed by atoms with Gasteiger partial charge in [-0.15, -0.1) is 11.3 Å². The van der Waals surface area contributed by atoms with Crippen LogP contribution < -0.4 is 11.1 Å². The summed E-state index contributed by atoms with van der Waals surface area (Å²) >= 11 is 1.56. The minimum absolute atomic E-state index is 0.130. The minimum atomic E-state index is -0.486. The number of ketones is 1. The zero-order valence-electron chi connectivity index (χ0n) is 19.3. The summed E-state index contributed by atoms with van der Waals surface area (Å²) in [4.78, 5) is 30.1. The Kier molecular flexibility index (Phi) is 5.33. The molecule has 0 aliphatic heterocycles. The van der Waals surface area contributed by atoms with Crippen LogP contribution in [-0.4, -0.2) is 38.5 Å². The van der Waals surface area contributed by atoms with Crippen molar-refractivity contribution in [3.8, 4) is 5.69 Å². The quantitative estimate of drug-likeness (QED) is 0.529. The second-order valence-corrected chi connectivity index (χ2v) is 11.4. The number of primary amides is 1. The number of nitrogens with two attached hydrogens (primary N) is 1. The first-order valence-corrected chi connectivity index (χ1v) is 12.4. The summed E-state index contributed by atoms with van der Waals surface area (Å²) in [6.45, 7) is 6.20. The average Bonchev–Trinajstić information content (AvgIpc) is 3.22. The molecule has 3 aromatic rings. The van der Waals surface area contributed by atoms with Crippen LogP contribution in [-0.2, 0) is 6.42 Å². The van der Waals surface area contributed by atoms with E-state index in [1.54, 1.807) is 17.4 Å². The molecule has 1 amide bonds. The predicted octanol–water partition coefficient (Wildman–Crippen LogP) is 4.36. The molecular formula is C25H30N4O3S. The number of aromatic nitrogens is 2. The van der Waals surface area contributed by atoms with Crippen molar-refractivity contribution in [1.29, 1.82) is 0 Å². The number of anilines is 1. The fourth-order valence-electron chi connectivity index (χ4n) is 5.32. The number of aliphatic hydroxyl groups excluding tert-OH is 1. The van der Waals surface area contributed by atoms with E-state index in [4.69, 9.17) is 10.7 Å². The van der Waals surface area contributed by atoms with Gasteiger partial charge in [-0.3, -0.25) is 14.2 Å². The number of nitrogens with zero attached hydrogens (tertiary/aromatic N) is 2. The molecule has 2 heterocycles. The Morgan fingerprint density at radius 3 is 2.67 bits per heavy atom. The molecule has 1 saturated carbocycles. The fourth-order valence-corrected chi connectivity index (χ4v) is 6.31. The SMILES string of the molecule is Cc1nc2c(s1)c1c(n2-c2ccc(C(N)=O)c(N[C@H]3CC[C@H](O)CC3)c2)CC(C)(C)CC1=O. The van der Waals surface area contributed by atoms with Gasteiger partial charge < -0.3 is 16.2 Å². The van der Waals surface area contributed by atoms with Gasteiger partial charge in [0, 0.05) is 29.5 Å². The highest BCUT2D eigenvalue weighted by Crippen LogP contribution is 2.43. The summed E-state index contributed by atoms with van der Waals surface area (Å²) in [6.07, 6.45) is 4.20. The number of hydrogen-bond donors (Lipinski definition) is 3. The fraction of sp³-hybridized carbons (Fsp3) is 0.480.